The van der Waals surface area contributed by atoms with Crippen molar-refractivity contribution in [1.82, 2.24) is 15.1 Å². The molecule has 1 heterocycles. The summed E-state index contributed by atoms with van der Waals surface area (Å²) >= 11 is 0. The molecule has 0 aliphatic rings. The number of hydrogen-bond acceptors (Lipinski definition) is 3. The largest absolute Gasteiger partial charge is 0.396 e. The highest BCUT2D eigenvalue weighted by molar-refractivity contribution is 5.92. The lowest BCUT2D eigenvalue weighted by molar-refractivity contribution is 0.0846. The van der Waals surface area contributed by atoms with E-state index in [0.29, 0.717) is 12.2 Å². The highest BCUT2D eigenvalue weighted by atomic mass is 19.1. The molecule has 2 rings (SSSR count). The lowest BCUT2D eigenvalue weighted by atomic mass is 9.83. The Balaban J connectivity index is 2.07. The number of halogens is 1. The number of aromatic nitrogens is 2. The minimum atomic E-state index is -0.359. The summed E-state index contributed by atoms with van der Waals surface area (Å²) in [5.41, 5.74) is 0.505. The Labute approximate surface area is 135 Å². The smallest absolute Gasteiger partial charge is 0.271 e. The van der Waals surface area contributed by atoms with Gasteiger partial charge in [-0.3, -0.25) is 4.79 Å². The zero-order valence-corrected chi connectivity index (χ0v) is 13.4. The van der Waals surface area contributed by atoms with Crippen molar-refractivity contribution in [2.75, 3.05) is 13.2 Å². The quantitative estimate of drug-likeness (QED) is 0.824. The summed E-state index contributed by atoms with van der Waals surface area (Å²) < 4.78 is 14.7. The summed E-state index contributed by atoms with van der Waals surface area (Å²) in [7, 11) is 0. The lowest BCUT2D eigenvalue weighted by Crippen LogP contribution is -2.39. The summed E-state index contributed by atoms with van der Waals surface area (Å²) in [6, 6.07) is 7.58. The molecule has 0 saturated heterocycles. The zero-order valence-electron chi connectivity index (χ0n) is 13.4. The normalized spacial score (nSPS) is 11.5. The number of benzene rings is 1. The molecule has 0 bridgehead atoms. The van der Waals surface area contributed by atoms with Crippen LogP contribution in [0.15, 0.2) is 36.5 Å². The number of carbonyl (C=O) groups is 1. The van der Waals surface area contributed by atoms with E-state index in [2.05, 4.69) is 10.4 Å². The van der Waals surface area contributed by atoms with Gasteiger partial charge >= 0.3 is 0 Å². The van der Waals surface area contributed by atoms with Crippen LogP contribution in [0.5, 0.6) is 0 Å². The van der Waals surface area contributed by atoms with E-state index in [4.69, 9.17) is 0 Å². The molecule has 0 saturated carbocycles. The summed E-state index contributed by atoms with van der Waals surface area (Å²) in [5, 5.41) is 16.5. The Morgan fingerprint density at radius 3 is 2.70 bits per heavy atom. The van der Waals surface area contributed by atoms with Gasteiger partial charge in [0.2, 0.25) is 0 Å². The number of amides is 1. The summed E-state index contributed by atoms with van der Waals surface area (Å²) in [5.74, 6) is -0.664. The Morgan fingerprint density at radius 1 is 1.35 bits per heavy atom. The van der Waals surface area contributed by atoms with Gasteiger partial charge in [-0.2, -0.15) is 5.10 Å². The van der Waals surface area contributed by atoms with Gasteiger partial charge in [0.05, 0.1) is 12.3 Å². The maximum absolute atomic E-state index is 13.2. The second kappa shape index (κ2) is 7.37. The minimum Gasteiger partial charge on any atom is -0.396 e. The van der Waals surface area contributed by atoms with Gasteiger partial charge in [0, 0.05) is 18.2 Å². The lowest BCUT2D eigenvalue weighted by Gasteiger charge is -2.29. The second-order valence-corrected chi connectivity index (χ2v) is 5.67. The standard InChI is InChI=1S/C17H22FN3O2/c1-3-17(4-2,12-22)11-19-16(23)15-8-9-21(20-15)14-7-5-6-13(18)10-14/h5-10,22H,3-4,11-12H2,1-2H3,(H,19,23). The first-order valence-electron chi connectivity index (χ1n) is 7.74. The molecule has 1 aromatic carbocycles. The van der Waals surface area contributed by atoms with Crippen molar-refractivity contribution in [3.8, 4) is 5.69 Å². The first-order valence-corrected chi connectivity index (χ1v) is 7.74. The molecule has 124 valence electrons. The predicted octanol–water partition coefficient (Wildman–Crippen LogP) is 2.54. The van der Waals surface area contributed by atoms with Crippen LogP contribution in [0.25, 0.3) is 5.69 Å². The van der Waals surface area contributed by atoms with Crippen LogP contribution in [0.4, 0.5) is 4.39 Å². The molecule has 0 aliphatic carbocycles. The van der Waals surface area contributed by atoms with Crippen LogP contribution in [-0.4, -0.2) is 33.9 Å². The van der Waals surface area contributed by atoms with E-state index in [-0.39, 0.29) is 29.4 Å². The highest BCUT2D eigenvalue weighted by Crippen LogP contribution is 2.24. The van der Waals surface area contributed by atoms with Crippen LogP contribution in [0.1, 0.15) is 37.2 Å². The molecule has 2 aromatic rings. The van der Waals surface area contributed by atoms with Gasteiger partial charge in [-0.1, -0.05) is 19.9 Å². The number of nitrogens with one attached hydrogen (secondary N) is 1. The molecule has 0 radical (unpaired) electrons. The Bertz CT molecular complexity index is 657. The third-order valence-electron chi connectivity index (χ3n) is 4.35. The third-order valence-corrected chi connectivity index (χ3v) is 4.35. The van der Waals surface area contributed by atoms with Gasteiger partial charge in [-0.15, -0.1) is 0 Å². The fourth-order valence-corrected chi connectivity index (χ4v) is 2.35. The van der Waals surface area contributed by atoms with Crippen molar-refractivity contribution in [3.05, 3.63) is 48.0 Å². The molecule has 0 aliphatic heterocycles. The average Bonchev–Trinajstić information content (AvgIpc) is 3.06. The number of nitrogens with zero attached hydrogens (tertiary/aromatic N) is 2. The SMILES string of the molecule is CCC(CC)(CO)CNC(=O)c1ccn(-c2cccc(F)c2)n1. The second-order valence-electron chi connectivity index (χ2n) is 5.67. The number of aliphatic hydroxyl groups is 1. The van der Waals surface area contributed by atoms with E-state index >= 15 is 0 Å². The van der Waals surface area contributed by atoms with Crippen LogP contribution < -0.4 is 5.32 Å². The molecular weight excluding hydrogens is 297 g/mol. The first-order chi connectivity index (χ1) is 11.0. The molecule has 0 fully saturated rings. The van der Waals surface area contributed by atoms with Gasteiger partial charge < -0.3 is 10.4 Å². The van der Waals surface area contributed by atoms with Crippen LogP contribution in [0, 0.1) is 11.2 Å². The van der Waals surface area contributed by atoms with Crippen LogP contribution in [0.2, 0.25) is 0 Å². The number of aliphatic hydroxyl groups excluding tert-OH is 1. The predicted molar refractivity (Wildman–Crippen MR) is 86.0 cm³/mol. The van der Waals surface area contributed by atoms with Gasteiger partial charge in [0.25, 0.3) is 5.91 Å². The fraction of sp³-hybridized carbons (Fsp3) is 0.412. The van der Waals surface area contributed by atoms with Crippen molar-refractivity contribution >= 4 is 5.91 Å². The molecule has 0 spiro atoms. The van der Waals surface area contributed by atoms with E-state index in [9.17, 15) is 14.3 Å². The van der Waals surface area contributed by atoms with Crippen molar-refractivity contribution < 1.29 is 14.3 Å². The molecule has 0 unspecified atom stereocenters. The van der Waals surface area contributed by atoms with Gasteiger partial charge in [-0.05, 0) is 37.1 Å². The van der Waals surface area contributed by atoms with Crippen LogP contribution in [0.3, 0.4) is 0 Å². The summed E-state index contributed by atoms with van der Waals surface area (Å²) in [6.45, 7) is 4.40. The number of rotatable bonds is 7. The topological polar surface area (TPSA) is 67.2 Å². The minimum absolute atomic E-state index is 0.0258. The average molecular weight is 319 g/mol. The van der Waals surface area contributed by atoms with Gasteiger partial charge in [-0.25, -0.2) is 9.07 Å². The van der Waals surface area contributed by atoms with E-state index < -0.39 is 0 Å². The van der Waals surface area contributed by atoms with E-state index in [1.165, 1.54) is 16.8 Å². The first kappa shape index (κ1) is 17.1. The molecule has 0 atom stereocenters. The van der Waals surface area contributed by atoms with Gasteiger partial charge in [0.15, 0.2) is 5.69 Å². The maximum atomic E-state index is 13.2. The van der Waals surface area contributed by atoms with E-state index in [1.54, 1.807) is 24.4 Å². The molecule has 23 heavy (non-hydrogen) atoms. The molecule has 2 N–H and O–H groups in total. The van der Waals surface area contributed by atoms with Crippen molar-refractivity contribution in [2.45, 2.75) is 26.7 Å². The summed E-state index contributed by atoms with van der Waals surface area (Å²) in [4.78, 5) is 12.2. The van der Waals surface area contributed by atoms with Crippen molar-refractivity contribution in [2.24, 2.45) is 5.41 Å². The monoisotopic (exact) mass is 319 g/mol. The number of carbonyl (C=O) groups excluding carboxylic acids is 1. The molecule has 1 amide bonds. The molecule has 1 aromatic heterocycles. The third kappa shape index (κ3) is 3.96. The van der Waals surface area contributed by atoms with Crippen LogP contribution in [-0.2, 0) is 0 Å². The Kier molecular flexibility index (Phi) is 5.50. The molecule has 5 nitrogen and oxygen atoms in total. The van der Waals surface area contributed by atoms with Crippen LogP contribution >= 0.6 is 0 Å². The van der Waals surface area contributed by atoms with E-state index in [0.717, 1.165) is 12.8 Å². The fourth-order valence-electron chi connectivity index (χ4n) is 2.35. The zero-order chi connectivity index (χ0) is 16.9. The van der Waals surface area contributed by atoms with Crippen molar-refractivity contribution in [1.29, 1.82) is 0 Å². The van der Waals surface area contributed by atoms with E-state index in [1.807, 2.05) is 13.8 Å². The summed E-state index contributed by atoms with van der Waals surface area (Å²) in [6.07, 6.45) is 3.17. The Hall–Kier alpha value is -2.21. The Morgan fingerprint density at radius 2 is 2.09 bits per heavy atom. The molecule has 6 heteroatoms. The number of hydrogen-bond donors (Lipinski definition) is 2. The van der Waals surface area contributed by atoms with Gasteiger partial charge in [0.1, 0.15) is 5.82 Å². The molecular formula is C17H22FN3O2. The van der Waals surface area contributed by atoms with Crippen molar-refractivity contribution in [3.63, 3.8) is 0 Å². The maximum Gasteiger partial charge on any atom is 0.271 e. The highest BCUT2D eigenvalue weighted by Gasteiger charge is 2.26.